The summed E-state index contributed by atoms with van der Waals surface area (Å²) in [5.41, 5.74) is 5.69. The Morgan fingerprint density at radius 1 is 1.09 bits per heavy atom. The highest BCUT2D eigenvalue weighted by Crippen LogP contribution is 2.16. The van der Waals surface area contributed by atoms with Crippen LogP contribution in [0.1, 0.15) is 10.5 Å². The molecule has 0 aliphatic carbocycles. The van der Waals surface area contributed by atoms with Crippen LogP contribution in [0.5, 0.6) is 0 Å². The lowest BCUT2D eigenvalue weighted by Crippen LogP contribution is -2.41. The number of carbonyl (C=O) groups excluding carboxylic acids is 3. The number of nitrogens with zero attached hydrogens (tertiary/aromatic N) is 1. The van der Waals surface area contributed by atoms with Gasteiger partial charge in [0.15, 0.2) is 0 Å². The van der Waals surface area contributed by atoms with Crippen molar-refractivity contribution < 1.29 is 19.5 Å². The second-order valence-corrected chi connectivity index (χ2v) is 4.13. The average molecular weight is 299 g/mol. The fourth-order valence-corrected chi connectivity index (χ4v) is 1.57. The summed E-state index contributed by atoms with van der Waals surface area (Å²) >= 11 is 0. The summed E-state index contributed by atoms with van der Waals surface area (Å²) in [6, 6.07) is 10.7. The molecular formula is C14H11N4O4-. The van der Waals surface area contributed by atoms with Crippen molar-refractivity contribution >= 4 is 17.8 Å². The molecule has 0 aliphatic heterocycles. The molecule has 2 aromatic rings. The number of nitrogens with one attached hydrogen (secondary N) is 3. The van der Waals surface area contributed by atoms with Gasteiger partial charge in [-0.05, 0) is 12.1 Å². The number of aliphatic carboxylic acids is 1. The lowest BCUT2D eigenvalue weighted by atomic mass is 10.1. The van der Waals surface area contributed by atoms with Gasteiger partial charge in [0.05, 0.1) is 11.7 Å². The average Bonchev–Trinajstić information content (AvgIpc) is 3.01. The number of amides is 2. The fourth-order valence-electron chi connectivity index (χ4n) is 1.57. The van der Waals surface area contributed by atoms with Crippen LogP contribution in [0.4, 0.5) is 0 Å². The molecule has 0 radical (unpaired) electrons. The van der Waals surface area contributed by atoms with Crippen molar-refractivity contribution in [1.82, 2.24) is 21.0 Å². The van der Waals surface area contributed by atoms with Gasteiger partial charge in [-0.15, -0.1) is 0 Å². The van der Waals surface area contributed by atoms with Crippen LogP contribution in [0, 0.1) is 0 Å². The van der Waals surface area contributed by atoms with E-state index >= 15 is 0 Å². The minimum atomic E-state index is -1.51. The van der Waals surface area contributed by atoms with Crippen molar-refractivity contribution in [2.24, 2.45) is 0 Å². The lowest BCUT2D eigenvalue weighted by Gasteiger charge is -2.02. The number of aromatic nitrogens is 2. The first-order chi connectivity index (χ1) is 10.6. The van der Waals surface area contributed by atoms with Crippen molar-refractivity contribution in [2.45, 2.75) is 0 Å². The van der Waals surface area contributed by atoms with Gasteiger partial charge < -0.3 is 9.90 Å². The molecule has 0 saturated heterocycles. The van der Waals surface area contributed by atoms with E-state index in [0.717, 1.165) is 11.6 Å². The van der Waals surface area contributed by atoms with Crippen LogP contribution in [-0.2, 0) is 9.59 Å². The molecule has 3 N–H and O–H groups in total. The van der Waals surface area contributed by atoms with Crippen LogP contribution in [0.3, 0.4) is 0 Å². The van der Waals surface area contributed by atoms with Gasteiger partial charge in [0.25, 0.3) is 11.8 Å². The van der Waals surface area contributed by atoms with Gasteiger partial charge >= 0.3 is 0 Å². The van der Waals surface area contributed by atoms with E-state index in [1.54, 1.807) is 0 Å². The third-order valence-corrected chi connectivity index (χ3v) is 2.56. The summed E-state index contributed by atoms with van der Waals surface area (Å²) in [6.45, 7) is 0. The monoisotopic (exact) mass is 299 g/mol. The molecule has 1 aromatic heterocycles. The maximum Gasteiger partial charge on any atom is 0.287 e. The highest BCUT2D eigenvalue weighted by atomic mass is 16.4. The lowest BCUT2D eigenvalue weighted by molar-refractivity contribution is -0.297. The zero-order valence-electron chi connectivity index (χ0n) is 11.2. The molecule has 1 heterocycles. The minimum Gasteiger partial charge on any atom is -0.545 e. The summed E-state index contributed by atoms with van der Waals surface area (Å²) in [5.74, 6) is -2.94. The van der Waals surface area contributed by atoms with Crippen LogP contribution < -0.4 is 16.0 Å². The quantitative estimate of drug-likeness (QED) is 0.500. The molecule has 0 aliphatic rings. The molecule has 0 fully saturated rings. The van der Waals surface area contributed by atoms with Gasteiger partial charge in [-0.3, -0.25) is 25.5 Å². The SMILES string of the molecule is O=C([O-])C=CC(=O)NNC(=O)c1cc(-c2ccccc2)n[nH]1. The van der Waals surface area contributed by atoms with Gasteiger partial charge in [0, 0.05) is 11.6 Å². The van der Waals surface area contributed by atoms with Gasteiger partial charge in [0.1, 0.15) is 5.69 Å². The zero-order chi connectivity index (χ0) is 15.9. The number of hydrogen-bond donors (Lipinski definition) is 3. The molecule has 0 bridgehead atoms. The van der Waals surface area contributed by atoms with Crippen LogP contribution in [0.2, 0.25) is 0 Å². The predicted octanol–water partition coefficient (Wildman–Crippen LogP) is -0.856. The summed E-state index contributed by atoms with van der Waals surface area (Å²) in [7, 11) is 0. The largest absolute Gasteiger partial charge is 0.545 e. The summed E-state index contributed by atoms with van der Waals surface area (Å²) in [4.78, 5) is 33.1. The number of benzene rings is 1. The van der Waals surface area contributed by atoms with Crippen LogP contribution in [0.25, 0.3) is 11.3 Å². The van der Waals surface area contributed by atoms with Gasteiger partial charge in [0.2, 0.25) is 0 Å². The Bertz CT molecular complexity index is 721. The highest BCUT2D eigenvalue weighted by molar-refractivity contribution is 5.97. The molecule has 8 nitrogen and oxygen atoms in total. The maximum atomic E-state index is 11.8. The number of aromatic amines is 1. The van der Waals surface area contributed by atoms with Crippen molar-refractivity contribution in [3.63, 3.8) is 0 Å². The standard InChI is InChI=1S/C14H12N4O4/c19-12(6-7-13(20)21)17-18-14(22)11-8-10(15-16-11)9-4-2-1-3-5-9/h1-8H,(H,15,16)(H,17,19)(H,18,22)(H,20,21)/p-1. The number of H-pyrrole nitrogens is 1. The Labute approximate surface area is 124 Å². The first-order valence-electron chi connectivity index (χ1n) is 6.16. The smallest absolute Gasteiger partial charge is 0.287 e. The van der Waals surface area contributed by atoms with E-state index in [-0.39, 0.29) is 5.69 Å². The van der Waals surface area contributed by atoms with E-state index in [4.69, 9.17) is 0 Å². The van der Waals surface area contributed by atoms with Crippen LogP contribution >= 0.6 is 0 Å². The first kappa shape index (κ1) is 15.0. The number of carboxylic acids is 1. The number of hydrogen-bond acceptors (Lipinski definition) is 5. The van der Waals surface area contributed by atoms with Crippen LogP contribution in [-0.4, -0.2) is 28.0 Å². The number of carbonyl (C=O) groups is 3. The van der Waals surface area contributed by atoms with E-state index in [9.17, 15) is 19.5 Å². The normalized spacial score (nSPS) is 10.4. The molecule has 0 unspecified atom stereocenters. The topological polar surface area (TPSA) is 127 Å². The van der Waals surface area contributed by atoms with Gasteiger partial charge in [-0.1, -0.05) is 30.3 Å². The minimum absolute atomic E-state index is 0.142. The molecule has 1 aromatic carbocycles. The van der Waals surface area contributed by atoms with E-state index < -0.39 is 17.8 Å². The van der Waals surface area contributed by atoms with Crippen molar-refractivity contribution in [1.29, 1.82) is 0 Å². The Hall–Kier alpha value is -3.42. The van der Waals surface area contributed by atoms with E-state index in [2.05, 4.69) is 15.6 Å². The second kappa shape index (κ2) is 6.84. The van der Waals surface area contributed by atoms with Crippen molar-refractivity contribution in [3.05, 3.63) is 54.2 Å². The van der Waals surface area contributed by atoms with E-state index in [1.165, 1.54) is 6.07 Å². The third kappa shape index (κ3) is 4.04. The number of hydrazine groups is 1. The summed E-state index contributed by atoms with van der Waals surface area (Å²) in [6.07, 6.45) is 1.27. The first-order valence-corrected chi connectivity index (χ1v) is 6.16. The Morgan fingerprint density at radius 3 is 2.50 bits per heavy atom. The number of rotatable bonds is 4. The molecule has 22 heavy (non-hydrogen) atoms. The summed E-state index contributed by atoms with van der Waals surface area (Å²) < 4.78 is 0. The molecule has 0 spiro atoms. The molecule has 112 valence electrons. The Kier molecular flexibility index (Phi) is 4.66. The van der Waals surface area contributed by atoms with Gasteiger partial charge in [-0.25, -0.2) is 0 Å². The Balaban J connectivity index is 1.95. The predicted molar refractivity (Wildman–Crippen MR) is 73.8 cm³/mol. The van der Waals surface area contributed by atoms with Crippen molar-refractivity contribution in [3.8, 4) is 11.3 Å². The summed E-state index contributed by atoms with van der Waals surface area (Å²) in [5, 5.41) is 16.7. The molecule has 8 heteroatoms. The molecule has 0 atom stereocenters. The number of carboxylic acid groups (broad SMARTS) is 1. The Morgan fingerprint density at radius 2 is 1.82 bits per heavy atom. The van der Waals surface area contributed by atoms with Crippen LogP contribution in [0.15, 0.2) is 48.6 Å². The maximum absolute atomic E-state index is 11.8. The van der Waals surface area contributed by atoms with Crippen molar-refractivity contribution in [2.75, 3.05) is 0 Å². The molecular weight excluding hydrogens is 288 g/mol. The fraction of sp³-hybridized carbons (Fsp3) is 0. The second-order valence-electron chi connectivity index (χ2n) is 4.13. The van der Waals surface area contributed by atoms with Gasteiger partial charge in [-0.2, -0.15) is 5.10 Å². The third-order valence-electron chi connectivity index (χ3n) is 2.56. The van der Waals surface area contributed by atoms with E-state index in [1.807, 2.05) is 35.8 Å². The molecule has 0 saturated carbocycles. The zero-order valence-corrected chi connectivity index (χ0v) is 11.2. The molecule has 2 rings (SSSR count). The highest BCUT2D eigenvalue weighted by Gasteiger charge is 2.11. The van der Waals surface area contributed by atoms with E-state index in [0.29, 0.717) is 11.8 Å². The molecule has 2 amide bonds.